The van der Waals surface area contributed by atoms with Gasteiger partial charge in [0.2, 0.25) is 0 Å². The smallest absolute Gasteiger partial charge is 0.0646 e. The zero-order valence-corrected chi connectivity index (χ0v) is 10.8. The topological polar surface area (TPSA) is 35.2 Å². The molecule has 0 heterocycles. The molecule has 1 aromatic rings. The van der Waals surface area contributed by atoms with Gasteiger partial charge in [-0.1, -0.05) is 18.2 Å². The lowest BCUT2D eigenvalue weighted by Crippen LogP contribution is -2.43. The number of hydrogen-bond acceptors (Lipinski definition) is 2. The molecule has 2 nitrogen and oxygen atoms in total. The second-order valence-electron chi connectivity index (χ2n) is 4.84. The van der Waals surface area contributed by atoms with Crippen LogP contribution in [0.5, 0.6) is 0 Å². The molecule has 0 aliphatic carbocycles. The molecule has 0 aliphatic rings. The van der Waals surface area contributed by atoms with Gasteiger partial charge in [-0.3, -0.25) is 0 Å². The molecule has 2 N–H and O–H groups in total. The third-order valence-corrected chi connectivity index (χ3v) is 2.86. The molecule has 0 aromatic heterocycles. The molecule has 0 radical (unpaired) electrons. The van der Waals surface area contributed by atoms with E-state index in [-0.39, 0.29) is 5.54 Å². The highest BCUT2D eigenvalue weighted by Crippen LogP contribution is 2.19. The zero-order valence-electron chi connectivity index (χ0n) is 10.8. The van der Waals surface area contributed by atoms with Crippen molar-refractivity contribution in [3.63, 3.8) is 0 Å². The Balaban J connectivity index is 2.79. The predicted octanol–water partition coefficient (Wildman–Crippen LogP) is 2.60. The molecule has 0 spiro atoms. The third kappa shape index (κ3) is 3.62. The highest BCUT2D eigenvalue weighted by Gasteiger charge is 2.21. The van der Waals surface area contributed by atoms with Crippen molar-refractivity contribution in [2.24, 2.45) is 5.73 Å². The van der Waals surface area contributed by atoms with Crippen LogP contribution in [0.15, 0.2) is 18.2 Å². The molecule has 0 aliphatic heterocycles. The lowest BCUT2D eigenvalue weighted by atomic mass is 9.89. The molecular weight excluding hydrogens is 198 g/mol. The van der Waals surface area contributed by atoms with Gasteiger partial charge in [-0.2, -0.15) is 0 Å². The molecule has 0 amide bonds. The van der Waals surface area contributed by atoms with Crippen LogP contribution in [0.1, 0.15) is 30.5 Å². The fourth-order valence-corrected chi connectivity index (χ4v) is 1.92. The predicted molar refractivity (Wildman–Crippen MR) is 68.7 cm³/mol. The van der Waals surface area contributed by atoms with Gasteiger partial charge in [0.15, 0.2) is 0 Å². The Labute approximate surface area is 98.8 Å². The van der Waals surface area contributed by atoms with Crippen LogP contribution in [0.2, 0.25) is 0 Å². The number of benzene rings is 1. The molecule has 2 heteroatoms. The molecule has 90 valence electrons. The summed E-state index contributed by atoms with van der Waals surface area (Å²) >= 11 is 0. The van der Waals surface area contributed by atoms with Crippen LogP contribution in [-0.4, -0.2) is 18.8 Å². The van der Waals surface area contributed by atoms with Crippen LogP contribution in [0.3, 0.4) is 0 Å². The van der Waals surface area contributed by atoms with Crippen molar-refractivity contribution in [3.05, 3.63) is 34.9 Å². The van der Waals surface area contributed by atoms with E-state index in [2.05, 4.69) is 39.0 Å². The Hall–Kier alpha value is -0.860. The van der Waals surface area contributed by atoms with Crippen LogP contribution < -0.4 is 5.73 Å². The lowest BCUT2D eigenvalue weighted by molar-refractivity contribution is 0.101. The first-order valence-electron chi connectivity index (χ1n) is 5.88. The summed E-state index contributed by atoms with van der Waals surface area (Å²) in [5, 5.41) is 0. The summed E-state index contributed by atoms with van der Waals surface area (Å²) in [5.41, 5.74) is 9.94. The summed E-state index contributed by atoms with van der Waals surface area (Å²) in [4.78, 5) is 0. The van der Waals surface area contributed by atoms with E-state index in [1.54, 1.807) is 0 Å². The van der Waals surface area contributed by atoms with Crippen molar-refractivity contribution < 1.29 is 4.74 Å². The number of rotatable bonds is 5. The van der Waals surface area contributed by atoms with Gasteiger partial charge in [-0.25, -0.2) is 0 Å². The van der Waals surface area contributed by atoms with Crippen molar-refractivity contribution in [2.45, 2.75) is 39.7 Å². The van der Waals surface area contributed by atoms with E-state index in [0.29, 0.717) is 6.61 Å². The summed E-state index contributed by atoms with van der Waals surface area (Å²) in [5.74, 6) is 0. The first-order valence-corrected chi connectivity index (χ1v) is 5.88. The van der Waals surface area contributed by atoms with Crippen molar-refractivity contribution in [3.8, 4) is 0 Å². The standard InChI is InChI=1S/C14H23NO/c1-5-16-10-14(4,15)9-13-11(2)7-6-8-12(13)3/h6-8H,5,9-10,15H2,1-4H3. The van der Waals surface area contributed by atoms with E-state index >= 15 is 0 Å². The van der Waals surface area contributed by atoms with Gasteiger partial charge >= 0.3 is 0 Å². The van der Waals surface area contributed by atoms with Gasteiger partial charge < -0.3 is 10.5 Å². The highest BCUT2D eigenvalue weighted by molar-refractivity contribution is 5.34. The van der Waals surface area contributed by atoms with Crippen LogP contribution in [0.25, 0.3) is 0 Å². The Bertz CT molecular complexity index is 324. The molecule has 0 saturated carbocycles. The maximum absolute atomic E-state index is 6.25. The fourth-order valence-electron chi connectivity index (χ4n) is 1.92. The van der Waals surface area contributed by atoms with E-state index in [9.17, 15) is 0 Å². The van der Waals surface area contributed by atoms with Crippen LogP contribution in [0, 0.1) is 13.8 Å². The Morgan fingerprint density at radius 1 is 1.25 bits per heavy atom. The third-order valence-electron chi connectivity index (χ3n) is 2.86. The van der Waals surface area contributed by atoms with Gasteiger partial charge in [0, 0.05) is 12.1 Å². The minimum absolute atomic E-state index is 0.285. The normalized spacial score (nSPS) is 14.8. The molecule has 1 atom stereocenters. The molecule has 0 fully saturated rings. The maximum Gasteiger partial charge on any atom is 0.0646 e. The van der Waals surface area contributed by atoms with E-state index < -0.39 is 0 Å². The molecule has 0 bridgehead atoms. The number of aryl methyl sites for hydroxylation is 2. The Kier molecular flexibility index (Phi) is 4.51. The SMILES string of the molecule is CCOCC(C)(N)Cc1c(C)cccc1C. The van der Waals surface area contributed by atoms with Gasteiger partial charge in [0.1, 0.15) is 0 Å². The molecule has 1 aromatic carbocycles. The molecule has 16 heavy (non-hydrogen) atoms. The average molecular weight is 221 g/mol. The summed E-state index contributed by atoms with van der Waals surface area (Å²) in [6, 6.07) is 6.36. The van der Waals surface area contributed by atoms with Crippen LogP contribution in [0.4, 0.5) is 0 Å². The average Bonchev–Trinajstić information content (AvgIpc) is 2.21. The number of hydrogen-bond donors (Lipinski definition) is 1. The largest absolute Gasteiger partial charge is 0.380 e. The molecular formula is C14H23NO. The van der Waals surface area contributed by atoms with E-state index in [1.807, 2.05) is 6.92 Å². The van der Waals surface area contributed by atoms with Gasteiger partial charge in [-0.15, -0.1) is 0 Å². The maximum atomic E-state index is 6.25. The van der Waals surface area contributed by atoms with Crippen molar-refractivity contribution >= 4 is 0 Å². The van der Waals surface area contributed by atoms with E-state index in [1.165, 1.54) is 16.7 Å². The van der Waals surface area contributed by atoms with E-state index in [0.717, 1.165) is 13.0 Å². The minimum Gasteiger partial charge on any atom is -0.380 e. The monoisotopic (exact) mass is 221 g/mol. The minimum atomic E-state index is -0.285. The fraction of sp³-hybridized carbons (Fsp3) is 0.571. The number of nitrogens with two attached hydrogens (primary N) is 1. The van der Waals surface area contributed by atoms with Gasteiger partial charge in [0.25, 0.3) is 0 Å². The second kappa shape index (κ2) is 5.46. The van der Waals surface area contributed by atoms with Crippen molar-refractivity contribution in [1.29, 1.82) is 0 Å². The molecule has 1 unspecified atom stereocenters. The Morgan fingerprint density at radius 3 is 2.31 bits per heavy atom. The second-order valence-corrected chi connectivity index (χ2v) is 4.84. The van der Waals surface area contributed by atoms with Crippen molar-refractivity contribution in [2.75, 3.05) is 13.2 Å². The van der Waals surface area contributed by atoms with Crippen LogP contribution >= 0.6 is 0 Å². The summed E-state index contributed by atoms with van der Waals surface area (Å²) in [7, 11) is 0. The quantitative estimate of drug-likeness (QED) is 0.829. The zero-order chi connectivity index (χ0) is 12.2. The summed E-state index contributed by atoms with van der Waals surface area (Å²) in [6.07, 6.45) is 0.867. The summed E-state index contributed by atoms with van der Waals surface area (Å²) < 4.78 is 5.43. The number of ether oxygens (including phenoxy) is 1. The molecule has 0 saturated heterocycles. The van der Waals surface area contributed by atoms with Gasteiger partial charge in [-0.05, 0) is 50.8 Å². The summed E-state index contributed by atoms with van der Waals surface area (Å²) in [6.45, 7) is 9.65. The van der Waals surface area contributed by atoms with E-state index in [4.69, 9.17) is 10.5 Å². The first-order chi connectivity index (χ1) is 7.46. The van der Waals surface area contributed by atoms with Crippen molar-refractivity contribution in [1.82, 2.24) is 0 Å². The Morgan fingerprint density at radius 2 is 1.81 bits per heavy atom. The highest BCUT2D eigenvalue weighted by atomic mass is 16.5. The van der Waals surface area contributed by atoms with Crippen LogP contribution in [-0.2, 0) is 11.2 Å². The lowest BCUT2D eigenvalue weighted by Gasteiger charge is -2.26. The first kappa shape index (κ1) is 13.2. The van der Waals surface area contributed by atoms with Gasteiger partial charge in [0.05, 0.1) is 6.61 Å². The molecule has 1 rings (SSSR count).